The zero-order chi connectivity index (χ0) is 13.8. The third-order valence-electron chi connectivity index (χ3n) is 2.57. The van der Waals surface area contributed by atoms with E-state index in [4.69, 9.17) is 23.2 Å². The van der Waals surface area contributed by atoms with Crippen molar-refractivity contribution in [3.8, 4) is 0 Å². The van der Waals surface area contributed by atoms with E-state index in [9.17, 15) is 4.79 Å². The molecule has 4 nitrogen and oxygen atoms in total. The second-order valence-corrected chi connectivity index (χ2v) is 4.75. The second kappa shape index (κ2) is 5.99. The van der Waals surface area contributed by atoms with Crippen molar-refractivity contribution in [1.29, 1.82) is 0 Å². The van der Waals surface area contributed by atoms with E-state index in [0.717, 1.165) is 5.56 Å². The summed E-state index contributed by atoms with van der Waals surface area (Å²) in [4.78, 5) is 21.4. The van der Waals surface area contributed by atoms with Gasteiger partial charge in [0.2, 0.25) is 0 Å². The van der Waals surface area contributed by atoms with Crippen molar-refractivity contribution >= 4 is 29.1 Å². The maximum absolute atomic E-state index is 12.1. The molecule has 0 N–H and O–H groups in total. The number of hydrogen-bond acceptors (Lipinski definition) is 3. The highest BCUT2D eigenvalue weighted by Crippen LogP contribution is 2.26. The first-order chi connectivity index (χ1) is 9.09. The molecule has 1 heterocycles. The van der Waals surface area contributed by atoms with Crippen LogP contribution in [0.3, 0.4) is 0 Å². The molecule has 0 aliphatic carbocycles. The van der Waals surface area contributed by atoms with Crippen molar-refractivity contribution in [2.75, 3.05) is 7.05 Å². The lowest BCUT2D eigenvalue weighted by Gasteiger charge is -2.17. The molecular weight excluding hydrogens is 285 g/mol. The number of hydrogen-bond donors (Lipinski definition) is 0. The van der Waals surface area contributed by atoms with Gasteiger partial charge < -0.3 is 4.90 Å². The van der Waals surface area contributed by atoms with Crippen LogP contribution in [0, 0.1) is 0 Å². The first kappa shape index (κ1) is 13.8. The maximum atomic E-state index is 12.1. The number of aromatic nitrogens is 2. The first-order valence-corrected chi connectivity index (χ1v) is 6.29. The molecule has 0 spiro atoms. The van der Waals surface area contributed by atoms with Crippen molar-refractivity contribution in [3.63, 3.8) is 0 Å². The normalized spacial score (nSPS) is 10.3. The Morgan fingerprint density at radius 2 is 2.11 bits per heavy atom. The van der Waals surface area contributed by atoms with Gasteiger partial charge in [-0.1, -0.05) is 35.3 Å². The summed E-state index contributed by atoms with van der Waals surface area (Å²) in [6.07, 6.45) is 4.43. The minimum absolute atomic E-state index is 0.218. The Hall–Kier alpha value is -1.65. The Bertz CT molecular complexity index is 590. The average molecular weight is 296 g/mol. The molecule has 0 bridgehead atoms. The fourth-order valence-electron chi connectivity index (χ4n) is 1.60. The molecule has 2 rings (SSSR count). The predicted octanol–water partition coefficient (Wildman–Crippen LogP) is 3.06. The van der Waals surface area contributed by atoms with Gasteiger partial charge in [0, 0.05) is 26.0 Å². The second-order valence-electron chi connectivity index (χ2n) is 3.96. The van der Waals surface area contributed by atoms with E-state index < -0.39 is 0 Å². The van der Waals surface area contributed by atoms with E-state index in [1.165, 1.54) is 23.5 Å². The van der Waals surface area contributed by atoms with Crippen molar-refractivity contribution in [3.05, 3.63) is 58.1 Å². The number of carbonyl (C=O) groups excluding carboxylic acids is 1. The number of carbonyl (C=O) groups is 1. The molecule has 0 radical (unpaired) electrons. The van der Waals surface area contributed by atoms with Crippen LogP contribution in [0.2, 0.25) is 10.0 Å². The Labute approximate surface area is 121 Å². The molecule has 6 heteroatoms. The highest BCUT2D eigenvalue weighted by molar-refractivity contribution is 6.42. The van der Waals surface area contributed by atoms with Gasteiger partial charge in [-0.05, 0) is 11.6 Å². The Kier molecular flexibility index (Phi) is 4.35. The molecule has 98 valence electrons. The van der Waals surface area contributed by atoms with Gasteiger partial charge in [-0.15, -0.1) is 0 Å². The molecule has 2 aromatic rings. The first-order valence-electron chi connectivity index (χ1n) is 5.54. The maximum Gasteiger partial charge on any atom is 0.274 e. The molecule has 1 amide bonds. The lowest BCUT2D eigenvalue weighted by atomic mass is 10.2. The van der Waals surface area contributed by atoms with Gasteiger partial charge >= 0.3 is 0 Å². The van der Waals surface area contributed by atoms with E-state index in [-0.39, 0.29) is 5.91 Å². The summed E-state index contributed by atoms with van der Waals surface area (Å²) in [6.45, 7) is 0.356. The van der Waals surface area contributed by atoms with Crippen LogP contribution < -0.4 is 0 Å². The average Bonchev–Trinajstić information content (AvgIpc) is 2.44. The van der Waals surface area contributed by atoms with Crippen LogP contribution in [0.15, 0.2) is 36.8 Å². The van der Waals surface area contributed by atoms with Crippen molar-refractivity contribution in [2.24, 2.45) is 0 Å². The number of rotatable bonds is 3. The van der Waals surface area contributed by atoms with Crippen LogP contribution in [0.25, 0.3) is 0 Å². The molecule has 0 fully saturated rings. The number of halogens is 2. The standard InChI is InChI=1S/C13H11Cl2N3O/c1-18(13(19)11-7-16-5-6-17-11)8-9-3-2-4-10(14)12(9)15/h2-7H,8H2,1H3. The smallest absolute Gasteiger partial charge is 0.274 e. The number of benzene rings is 1. The zero-order valence-electron chi connectivity index (χ0n) is 10.2. The van der Waals surface area contributed by atoms with Gasteiger partial charge in [0.1, 0.15) is 5.69 Å². The molecule has 0 unspecified atom stereocenters. The molecule has 0 aliphatic heterocycles. The summed E-state index contributed by atoms with van der Waals surface area (Å²) in [6, 6.07) is 5.33. The van der Waals surface area contributed by atoms with Gasteiger partial charge in [0.25, 0.3) is 5.91 Å². The van der Waals surface area contributed by atoms with E-state index in [0.29, 0.717) is 22.3 Å². The lowest BCUT2D eigenvalue weighted by molar-refractivity contribution is 0.0779. The quantitative estimate of drug-likeness (QED) is 0.874. The highest BCUT2D eigenvalue weighted by Gasteiger charge is 2.15. The Morgan fingerprint density at radius 1 is 1.32 bits per heavy atom. The largest absolute Gasteiger partial charge is 0.336 e. The molecule has 0 aliphatic rings. The van der Waals surface area contributed by atoms with E-state index in [1.807, 2.05) is 6.07 Å². The van der Waals surface area contributed by atoms with Gasteiger partial charge in [-0.2, -0.15) is 0 Å². The number of nitrogens with zero attached hydrogens (tertiary/aromatic N) is 3. The van der Waals surface area contributed by atoms with Crippen LogP contribution in [0.5, 0.6) is 0 Å². The van der Waals surface area contributed by atoms with Crippen LogP contribution in [-0.2, 0) is 6.54 Å². The van der Waals surface area contributed by atoms with E-state index >= 15 is 0 Å². The van der Waals surface area contributed by atoms with Crippen LogP contribution in [0.4, 0.5) is 0 Å². The SMILES string of the molecule is CN(Cc1cccc(Cl)c1Cl)C(=O)c1cnccn1. The third kappa shape index (κ3) is 3.22. The summed E-state index contributed by atoms with van der Waals surface area (Å²) in [5, 5.41) is 0.933. The molecule has 0 saturated heterocycles. The van der Waals surface area contributed by atoms with Crippen molar-refractivity contribution < 1.29 is 4.79 Å². The fraction of sp³-hybridized carbons (Fsp3) is 0.154. The summed E-state index contributed by atoms with van der Waals surface area (Å²) in [5.74, 6) is -0.218. The van der Waals surface area contributed by atoms with Gasteiger partial charge in [-0.3, -0.25) is 9.78 Å². The molecule has 0 saturated carbocycles. The van der Waals surface area contributed by atoms with Gasteiger partial charge in [-0.25, -0.2) is 4.98 Å². The molecule has 1 aromatic heterocycles. The van der Waals surface area contributed by atoms with E-state index in [1.54, 1.807) is 19.2 Å². The van der Waals surface area contributed by atoms with Crippen molar-refractivity contribution in [1.82, 2.24) is 14.9 Å². The Balaban J connectivity index is 2.15. The van der Waals surface area contributed by atoms with Crippen molar-refractivity contribution in [2.45, 2.75) is 6.54 Å². The monoisotopic (exact) mass is 295 g/mol. The molecule has 1 aromatic carbocycles. The number of amides is 1. The summed E-state index contributed by atoms with van der Waals surface area (Å²) < 4.78 is 0. The van der Waals surface area contributed by atoms with Gasteiger partial charge in [0.05, 0.1) is 16.2 Å². The third-order valence-corrected chi connectivity index (χ3v) is 3.43. The zero-order valence-corrected chi connectivity index (χ0v) is 11.7. The summed E-state index contributed by atoms with van der Waals surface area (Å²) in [5.41, 5.74) is 1.08. The van der Waals surface area contributed by atoms with E-state index in [2.05, 4.69) is 9.97 Å². The van der Waals surface area contributed by atoms with Crippen LogP contribution in [-0.4, -0.2) is 27.8 Å². The fourth-order valence-corrected chi connectivity index (χ4v) is 1.98. The topological polar surface area (TPSA) is 46.1 Å². The van der Waals surface area contributed by atoms with Gasteiger partial charge in [0.15, 0.2) is 0 Å². The Morgan fingerprint density at radius 3 is 2.79 bits per heavy atom. The molecule has 19 heavy (non-hydrogen) atoms. The summed E-state index contributed by atoms with van der Waals surface area (Å²) >= 11 is 12.0. The predicted molar refractivity (Wildman–Crippen MR) is 74.3 cm³/mol. The molecular formula is C13H11Cl2N3O. The van der Waals surface area contributed by atoms with Crippen LogP contribution >= 0.6 is 23.2 Å². The minimum Gasteiger partial charge on any atom is -0.336 e. The lowest BCUT2D eigenvalue weighted by Crippen LogP contribution is -2.27. The van der Waals surface area contributed by atoms with Crippen LogP contribution in [0.1, 0.15) is 16.1 Å². The minimum atomic E-state index is -0.218. The summed E-state index contributed by atoms with van der Waals surface area (Å²) in [7, 11) is 1.67. The highest BCUT2D eigenvalue weighted by atomic mass is 35.5. The molecule has 0 atom stereocenters.